The molecule has 5 nitrogen and oxygen atoms in total. The smallest absolute Gasteiger partial charge is 0.319 e. The van der Waals surface area contributed by atoms with E-state index in [4.69, 9.17) is 14.2 Å². The maximum Gasteiger partial charge on any atom is 0.319 e. The lowest BCUT2D eigenvalue weighted by molar-refractivity contribution is -0.142. The molecule has 0 saturated carbocycles. The van der Waals surface area contributed by atoms with E-state index in [0.717, 1.165) is 16.9 Å². The van der Waals surface area contributed by atoms with Crippen molar-refractivity contribution in [3.63, 3.8) is 0 Å². The van der Waals surface area contributed by atoms with Gasteiger partial charge in [-0.15, -0.1) is 0 Å². The minimum Gasteiger partial charge on any atom is -0.496 e. The van der Waals surface area contributed by atoms with Crippen LogP contribution < -0.4 is 10.1 Å². The van der Waals surface area contributed by atoms with Gasteiger partial charge in [-0.25, -0.2) is 0 Å². The Balaban J connectivity index is 2.70. The van der Waals surface area contributed by atoms with Crippen molar-refractivity contribution in [1.29, 1.82) is 0 Å². The van der Waals surface area contributed by atoms with Crippen LogP contribution in [0.2, 0.25) is 0 Å². The fourth-order valence-corrected chi connectivity index (χ4v) is 1.90. The maximum atomic E-state index is 11.3. The molecule has 1 unspecified atom stereocenters. The number of hydrogen-bond donors (Lipinski definition) is 1. The monoisotopic (exact) mass is 281 g/mol. The number of methoxy groups -OCH3 is 2. The summed E-state index contributed by atoms with van der Waals surface area (Å²) in [4.78, 5) is 11.3. The Morgan fingerprint density at radius 1 is 1.35 bits per heavy atom. The summed E-state index contributed by atoms with van der Waals surface area (Å²) in [5.74, 6) is 0.554. The van der Waals surface area contributed by atoms with Crippen molar-refractivity contribution in [2.24, 2.45) is 0 Å². The number of carbonyl (C=O) groups is 1. The number of ether oxygens (including phenoxy) is 3. The van der Waals surface area contributed by atoms with Crippen LogP contribution in [0.15, 0.2) is 18.2 Å². The third kappa shape index (κ3) is 4.83. The van der Waals surface area contributed by atoms with Crippen molar-refractivity contribution in [3.05, 3.63) is 29.3 Å². The van der Waals surface area contributed by atoms with Crippen molar-refractivity contribution in [2.75, 3.05) is 27.4 Å². The van der Waals surface area contributed by atoms with E-state index in [1.54, 1.807) is 21.1 Å². The van der Waals surface area contributed by atoms with Crippen LogP contribution in [0.1, 0.15) is 31.0 Å². The predicted molar refractivity (Wildman–Crippen MR) is 76.8 cm³/mol. The summed E-state index contributed by atoms with van der Waals surface area (Å²) in [6.45, 7) is 4.87. The van der Waals surface area contributed by atoms with Crippen LogP contribution >= 0.6 is 0 Å². The van der Waals surface area contributed by atoms with Crippen LogP contribution in [0.3, 0.4) is 0 Å². The van der Waals surface area contributed by atoms with Gasteiger partial charge >= 0.3 is 5.97 Å². The van der Waals surface area contributed by atoms with E-state index >= 15 is 0 Å². The van der Waals surface area contributed by atoms with Crippen LogP contribution in [0.5, 0.6) is 5.75 Å². The number of benzene rings is 1. The molecule has 0 aromatic heterocycles. The van der Waals surface area contributed by atoms with Gasteiger partial charge in [-0.05, 0) is 31.5 Å². The lowest BCUT2D eigenvalue weighted by Gasteiger charge is -2.16. The van der Waals surface area contributed by atoms with Gasteiger partial charge in [0.25, 0.3) is 0 Å². The molecular weight excluding hydrogens is 258 g/mol. The molecule has 1 atom stereocenters. The number of nitrogens with one attached hydrogen (secondary N) is 1. The second kappa shape index (κ2) is 8.55. The highest BCUT2D eigenvalue weighted by molar-refractivity contribution is 5.71. The molecule has 0 aliphatic heterocycles. The highest BCUT2D eigenvalue weighted by Crippen LogP contribution is 2.23. The molecule has 0 spiro atoms. The third-order valence-corrected chi connectivity index (χ3v) is 2.96. The molecule has 1 aromatic carbocycles. The molecule has 0 aliphatic rings. The second-order valence-electron chi connectivity index (χ2n) is 4.41. The van der Waals surface area contributed by atoms with E-state index in [1.165, 1.54) is 0 Å². The molecule has 0 amide bonds. The summed E-state index contributed by atoms with van der Waals surface area (Å²) in [6, 6.07) is 5.94. The summed E-state index contributed by atoms with van der Waals surface area (Å²) < 4.78 is 15.3. The van der Waals surface area contributed by atoms with Crippen molar-refractivity contribution >= 4 is 5.97 Å². The molecular formula is C15H23NO4. The molecule has 20 heavy (non-hydrogen) atoms. The van der Waals surface area contributed by atoms with Crippen molar-refractivity contribution < 1.29 is 19.0 Å². The van der Waals surface area contributed by atoms with Crippen molar-refractivity contribution in [3.8, 4) is 5.75 Å². The van der Waals surface area contributed by atoms with Gasteiger partial charge in [0.15, 0.2) is 0 Å². The van der Waals surface area contributed by atoms with Gasteiger partial charge < -0.3 is 19.5 Å². The first kappa shape index (κ1) is 16.5. The number of rotatable bonds is 8. The Kier molecular flexibility index (Phi) is 7.04. The zero-order valence-corrected chi connectivity index (χ0v) is 12.6. The van der Waals surface area contributed by atoms with E-state index in [1.807, 2.05) is 25.1 Å². The van der Waals surface area contributed by atoms with E-state index < -0.39 is 0 Å². The highest BCUT2D eigenvalue weighted by Gasteiger charge is 2.11. The summed E-state index contributed by atoms with van der Waals surface area (Å²) >= 11 is 0. The summed E-state index contributed by atoms with van der Waals surface area (Å²) in [7, 11) is 3.28. The molecule has 0 radical (unpaired) electrons. The van der Waals surface area contributed by atoms with Gasteiger partial charge in [-0.3, -0.25) is 4.79 Å². The van der Waals surface area contributed by atoms with Crippen LogP contribution in [0.4, 0.5) is 0 Å². The van der Waals surface area contributed by atoms with Gasteiger partial charge in [0.1, 0.15) is 5.75 Å². The lowest BCUT2D eigenvalue weighted by Crippen LogP contribution is -2.27. The van der Waals surface area contributed by atoms with Crippen LogP contribution in [0.25, 0.3) is 0 Å². The summed E-state index contributed by atoms with van der Waals surface area (Å²) in [5, 5.41) is 3.13. The minimum absolute atomic E-state index is 0.0425. The summed E-state index contributed by atoms with van der Waals surface area (Å²) in [5.41, 5.74) is 2.06. The first-order valence-corrected chi connectivity index (χ1v) is 6.67. The highest BCUT2D eigenvalue weighted by atomic mass is 16.5. The molecule has 1 N–H and O–H groups in total. The lowest BCUT2D eigenvalue weighted by atomic mass is 10.0. The fourth-order valence-electron chi connectivity index (χ4n) is 1.90. The Bertz CT molecular complexity index is 434. The van der Waals surface area contributed by atoms with Gasteiger partial charge in [0, 0.05) is 18.7 Å². The molecule has 0 bridgehead atoms. The first-order valence-electron chi connectivity index (χ1n) is 6.67. The maximum absolute atomic E-state index is 11.3. The molecule has 112 valence electrons. The zero-order chi connectivity index (χ0) is 15.0. The molecule has 0 aliphatic carbocycles. The van der Waals surface area contributed by atoms with Crippen molar-refractivity contribution in [1.82, 2.24) is 5.32 Å². The molecule has 1 aromatic rings. The normalized spacial score (nSPS) is 12.0. The van der Waals surface area contributed by atoms with Crippen LogP contribution in [-0.4, -0.2) is 33.3 Å². The third-order valence-electron chi connectivity index (χ3n) is 2.96. The Hall–Kier alpha value is -1.59. The number of hydrogen-bond acceptors (Lipinski definition) is 5. The number of carbonyl (C=O) groups excluding carboxylic acids is 1. The van der Waals surface area contributed by atoms with Gasteiger partial charge in [-0.2, -0.15) is 0 Å². The second-order valence-corrected chi connectivity index (χ2v) is 4.41. The quantitative estimate of drug-likeness (QED) is 0.739. The standard InChI is InChI=1S/C15H23NO4/c1-5-20-15(17)9-16-11(2)12-6-7-14(19-4)13(8-12)10-18-3/h6-8,11,16H,5,9-10H2,1-4H3. The first-order chi connectivity index (χ1) is 9.62. The predicted octanol–water partition coefficient (Wildman–Crippen LogP) is 2.06. The van der Waals surface area contributed by atoms with E-state index in [0.29, 0.717) is 13.2 Å². The topological polar surface area (TPSA) is 56.8 Å². The molecule has 1 rings (SSSR count). The van der Waals surface area contributed by atoms with E-state index in [-0.39, 0.29) is 18.6 Å². The van der Waals surface area contributed by atoms with Gasteiger partial charge in [-0.1, -0.05) is 6.07 Å². The minimum atomic E-state index is -0.245. The Morgan fingerprint density at radius 3 is 2.70 bits per heavy atom. The average Bonchev–Trinajstić information content (AvgIpc) is 2.45. The van der Waals surface area contributed by atoms with Crippen molar-refractivity contribution in [2.45, 2.75) is 26.5 Å². The Labute approximate surface area is 120 Å². The van der Waals surface area contributed by atoms with Crippen LogP contribution in [-0.2, 0) is 20.9 Å². The zero-order valence-electron chi connectivity index (χ0n) is 12.6. The molecule has 5 heteroatoms. The SMILES string of the molecule is CCOC(=O)CNC(C)c1ccc(OC)c(COC)c1. The number of esters is 1. The van der Waals surface area contributed by atoms with Gasteiger partial charge in [0.05, 0.1) is 26.9 Å². The van der Waals surface area contributed by atoms with E-state index in [2.05, 4.69) is 5.32 Å². The average molecular weight is 281 g/mol. The molecule has 0 saturated heterocycles. The molecule has 0 heterocycles. The van der Waals surface area contributed by atoms with Gasteiger partial charge in [0.2, 0.25) is 0 Å². The molecule has 0 fully saturated rings. The van der Waals surface area contributed by atoms with E-state index in [9.17, 15) is 4.79 Å². The Morgan fingerprint density at radius 2 is 2.10 bits per heavy atom. The fraction of sp³-hybridized carbons (Fsp3) is 0.533. The summed E-state index contributed by atoms with van der Waals surface area (Å²) in [6.07, 6.45) is 0. The largest absolute Gasteiger partial charge is 0.496 e. The van der Waals surface area contributed by atoms with Crippen LogP contribution in [0, 0.1) is 0 Å².